The number of amides is 1. The molecule has 5 nitrogen and oxygen atoms in total. The Morgan fingerprint density at radius 2 is 1.86 bits per heavy atom. The van der Waals surface area contributed by atoms with Gasteiger partial charge in [-0.25, -0.2) is 0 Å². The summed E-state index contributed by atoms with van der Waals surface area (Å²) in [4.78, 5) is 13.6. The third kappa shape index (κ3) is 7.10. The van der Waals surface area contributed by atoms with Crippen molar-refractivity contribution in [2.75, 3.05) is 31.6 Å². The first-order chi connectivity index (χ1) is 14.0. The van der Waals surface area contributed by atoms with Crippen molar-refractivity contribution >= 4 is 58.2 Å². The maximum absolute atomic E-state index is 12.1. The number of carbonyl (C=O) groups excluding carboxylic acids is 1. The summed E-state index contributed by atoms with van der Waals surface area (Å²) in [6, 6.07) is 13.1. The van der Waals surface area contributed by atoms with Gasteiger partial charge in [-0.1, -0.05) is 41.4 Å². The highest BCUT2D eigenvalue weighted by Gasteiger charge is 2.14. The van der Waals surface area contributed by atoms with E-state index in [9.17, 15) is 4.79 Å². The average molecular weight is 451 g/mol. The van der Waals surface area contributed by atoms with Crippen LogP contribution in [-0.2, 0) is 16.1 Å². The minimum atomic E-state index is -0.346. The van der Waals surface area contributed by atoms with Crippen LogP contribution >= 0.6 is 35.4 Å². The number of anilines is 1. The maximum Gasteiger partial charge on any atom is 0.250 e. The molecule has 0 unspecified atom stereocenters. The smallest absolute Gasteiger partial charge is 0.250 e. The highest BCUT2D eigenvalue weighted by atomic mass is 35.5. The molecule has 1 saturated heterocycles. The van der Waals surface area contributed by atoms with Crippen molar-refractivity contribution in [3.63, 3.8) is 0 Å². The Balaban J connectivity index is 1.48. The van der Waals surface area contributed by atoms with Gasteiger partial charge >= 0.3 is 0 Å². The second-order valence-electron chi connectivity index (χ2n) is 6.68. The van der Waals surface area contributed by atoms with Crippen molar-refractivity contribution in [2.45, 2.75) is 6.54 Å². The summed E-state index contributed by atoms with van der Waals surface area (Å²) in [6.07, 6.45) is 2.98. The van der Waals surface area contributed by atoms with Gasteiger partial charge in [0.05, 0.1) is 13.2 Å². The topological polar surface area (TPSA) is 54.8 Å². The Bertz CT molecular complexity index is 897. The van der Waals surface area contributed by atoms with E-state index in [0.717, 1.165) is 38.5 Å². The number of halogens is 2. The van der Waals surface area contributed by atoms with E-state index in [4.69, 9.17) is 40.2 Å². The van der Waals surface area contributed by atoms with Gasteiger partial charge in [-0.05, 0) is 48.1 Å². The molecule has 0 spiro atoms. The third-order valence-corrected chi connectivity index (χ3v) is 5.25. The van der Waals surface area contributed by atoms with Crippen LogP contribution in [0.4, 0.5) is 5.69 Å². The molecule has 8 heteroatoms. The normalized spacial score (nSPS) is 14.7. The highest BCUT2D eigenvalue weighted by molar-refractivity contribution is 7.80. The lowest BCUT2D eigenvalue weighted by Gasteiger charge is -2.23. The number of morpholine rings is 1. The first-order valence-corrected chi connectivity index (χ1v) is 10.4. The number of thiocarbonyl (C=S) groups is 1. The van der Waals surface area contributed by atoms with Crippen LogP contribution in [0.25, 0.3) is 6.08 Å². The first kappa shape index (κ1) is 21.7. The van der Waals surface area contributed by atoms with E-state index in [2.05, 4.69) is 22.8 Å². The fourth-order valence-electron chi connectivity index (χ4n) is 2.95. The van der Waals surface area contributed by atoms with Crippen LogP contribution in [0.3, 0.4) is 0 Å². The number of quaternary nitrogens is 1. The molecule has 3 rings (SSSR count). The first-order valence-electron chi connectivity index (χ1n) is 9.25. The van der Waals surface area contributed by atoms with Crippen LogP contribution < -0.4 is 15.5 Å². The van der Waals surface area contributed by atoms with E-state index in [-0.39, 0.29) is 11.0 Å². The maximum atomic E-state index is 12.1. The molecular formula is C21H22Cl2N3O2S+. The van der Waals surface area contributed by atoms with E-state index in [1.165, 1.54) is 16.5 Å². The molecule has 0 aromatic heterocycles. The van der Waals surface area contributed by atoms with Gasteiger partial charge in [-0.15, -0.1) is 0 Å². The van der Waals surface area contributed by atoms with Crippen LogP contribution in [0.2, 0.25) is 10.0 Å². The predicted octanol–water partition coefficient (Wildman–Crippen LogP) is 2.93. The van der Waals surface area contributed by atoms with E-state index >= 15 is 0 Å². The average Bonchev–Trinajstić information content (AvgIpc) is 2.69. The van der Waals surface area contributed by atoms with Crippen molar-refractivity contribution in [3.05, 3.63) is 69.7 Å². The van der Waals surface area contributed by atoms with Crippen molar-refractivity contribution in [2.24, 2.45) is 0 Å². The summed E-state index contributed by atoms with van der Waals surface area (Å²) in [7, 11) is 0. The predicted molar refractivity (Wildman–Crippen MR) is 122 cm³/mol. The molecule has 1 aliphatic heterocycles. The molecule has 3 N–H and O–H groups in total. The van der Waals surface area contributed by atoms with E-state index in [1.807, 2.05) is 12.1 Å². The van der Waals surface area contributed by atoms with Gasteiger partial charge in [-0.3, -0.25) is 10.1 Å². The fourth-order valence-corrected chi connectivity index (χ4v) is 3.64. The Morgan fingerprint density at radius 3 is 2.55 bits per heavy atom. The number of hydrogen-bond donors (Lipinski definition) is 3. The van der Waals surface area contributed by atoms with Crippen molar-refractivity contribution in [1.29, 1.82) is 0 Å². The van der Waals surface area contributed by atoms with Crippen molar-refractivity contribution in [3.8, 4) is 0 Å². The zero-order chi connectivity index (χ0) is 20.6. The Labute approximate surface area is 185 Å². The third-order valence-electron chi connectivity index (χ3n) is 4.48. The number of hydrogen-bond acceptors (Lipinski definition) is 3. The molecule has 1 amide bonds. The summed E-state index contributed by atoms with van der Waals surface area (Å²) in [6.45, 7) is 4.68. The van der Waals surface area contributed by atoms with E-state index < -0.39 is 0 Å². The van der Waals surface area contributed by atoms with Crippen LogP contribution in [0.1, 0.15) is 11.1 Å². The lowest BCUT2D eigenvalue weighted by atomic mass is 10.2. The SMILES string of the molecule is O=C(/C=C/c1ccc(Cl)cc1Cl)NC(=S)Nc1ccc(C[NH+]2CCOCC2)cc1. The van der Waals surface area contributed by atoms with Gasteiger partial charge in [0.15, 0.2) is 5.11 Å². The minimum Gasteiger partial charge on any atom is -0.370 e. The van der Waals surface area contributed by atoms with E-state index in [0.29, 0.717) is 15.6 Å². The number of nitrogens with one attached hydrogen (secondary N) is 3. The molecule has 152 valence electrons. The second-order valence-corrected chi connectivity index (χ2v) is 7.93. The van der Waals surface area contributed by atoms with Gasteiger partial charge in [-0.2, -0.15) is 0 Å². The Kier molecular flexibility index (Phi) is 8.03. The molecule has 0 atom stereocenters. The molecule has 0 saturated carbocycles. The summed E-state index contributed by atoms with van der Waals surface area (Å²) >= 11 is 17.2. The molecule has 2 aromatic carbocycles. The molecule has 0 radical (unpaired) electrons. The van der Waals surface area contributed by atoms with Gasteiger partial charge < -0.3 is 15.0 Å². The standard InChI is InChI=1S/C21H21Cl2N3O2S/c22-17-5-3-16(19(23)13-17)4-8-20(27)25-21(29)24-18-6-1-15(2-7-18)14-26-9-11-28-12-10-26/h1-8,13H,9-12,14H2,(H2,24,25,27,29)/p+1/b8-4+. The zero-order valence-corrected chi connectivity index (χ0v) is 18.0. The summed E-state index contributed by atoms with van der Waals surface area (Å²) in [5.74, 6) is -0.346. The molecular weight excluding hydrogens is 429 g/mol. The molecule has 2 aromatic rings. The Morgan fingerprint density at radius 1 is 1.14 bits per heavy atom. The summed E-state index contributed by atoms with van der Waals surface area (Å²) in [5, 5.41) is 6.88. The van der Waals surface area contributed by atoms with Crippen LogP contribution in [0.15, 0.2) is 48.5 Å². The Hall–Kier alpha value is -1.96. The largest absolute Gasteiger partial charge is 0.370 e. The number of rotatable bonds is 5. The van der Waals surface area contributed by atoms with Gasteiger partial charge in [0.1, 0.15) is 19.6 Å². The molecule has 29 heavy (non-hydrogen) atoms. The number of carbonyl (C=O) groups is 1. The summed E-state index contributed by atoms with van der Waals surface area (Å²) < 4.78 is 5.39. The molecule has 0 bridgehead atoms. The molecule has 0 aliphatic carbocycles. The van der Waals surface area contributed by atoms with E-state index in [1.54, 1.807) is 24.3 Å². The van der Waals surface area contributed by atoms with Gasteiger partial charge in [0.25, 0.3) is 0 Å². The quantitative estimate of drug-likeness (QED) is 0.484. The number of benzene rings is 2. The van der Waals surface area contributed by atoms with Crippen LogP contribution in [0, 0.1) is 0 Å². The van der Waals surface area contributed by atoms with Crippen molar-refractivity contribution in [1.82, 2.24) is 5.32 Å². The van der Waals surface area contributed by atoms with Gasteiger partial charge in [0, 0.05) is 27.4 Å². The van der Waals surface area contributed by atoms with Crippen LogP contribution in [0.5, 0.6) is 0 Å². The van der Waals surface area contributed by atoms with Crippen molar-refractivity contribution < 1.29 is 14.4 Å². The molecule has 1 heterocycles. The monoisotopic (exact) mass is 450 g/mol. The highest BCUT2D eigenvalue weighted by Crippen LogP contribution is 2.21. The fraction of sp³-hybridized carbons (Fsp3) is 0.238. The number of ether oxygens (including phenoxy) is 1. The molecule has 1 aliphatic rings. The summed E-state index contributed by atoms with van der Waals surface area (Å²) in [5.41, 5.74) is 2.77. The lowest BCUT2D eigenvalue weighted by Crippen LogP contribution is -3.12. The molecule has 1 fully saturated rings. The van der Waals surface area contributed by atoms with Gasteiger partial charge in [0.2, 0.25) is 5.91 Å². The lowest BCUT2D eigenvalue weighted by molar-refractivity contribution is -0.921. The minimum absolute atomic E-state index is 0.230. The van der Waals surface area contributed by atoms with Crippen LogP contribution in [-0.4, -0.2) is 37.3 Å². The zero-order valence-electron chi connectivity index (χ0n) is 15.7. The second kappa shape index (κ2) is 10.7.